The first-order valence-corrected chi connectivity index (χ1v) is 21.1. The Morgan fingerprint density at radius 3 is 1.32 bits per heavy atom. The van der Waals surface area contributed by atoms with Crippen molar-refractivity contribution < 1.29 is 73.9 Å². The second-order valence-corrected chi connectivity index (χ2v) is 16.0. The predicted octanol–water partition coefficient (Wildman–Crippen LogP) is -1.41. The lowest BCUT2D eigenvalue weighted by Gasteiger charge is -2.49. The molecule has 0 radical (unpaired) electrons. The highest BCUT2D eigenvalue weighted by Gasteiger charge is 2.54. The fourth-order valence-electron chi connectivity index (χ4n) is 8.11. The lowest BCUT2D eigenvalue weighted by atomic mass is 9.82. The number of carbonyl (C=O) groups excluding carboxylic acids is 4. The topological polar surface area (TPSA) is 295 Å². The summed E-state index contributed by atoms with van der Waals surface area (Å²) >= 11 is 0. The molecule has 2 aliphatic heterocycles. The van der Waals surface area contributed by atoms with Crippen LogP contribution in [0.2, 0.25) is 0 Å². The Morgan fingerprint density at radius 2 is 0.877 bits per heavy atom. The van der Waals surface area contributed by atoms with Crippen molar-refractivity contribution in [2.45, 2.75) is 98.2 Å². The first-order valence-electron chi connectivity index (χ1n) is 21.1. The number of hydrogen-bond donors (Lipinski definition) is 11. The average molecular weight is 901 g/mol. The predicted molar refractivity (Wildman–Crippen MR) is 227 cm³/mol. The molecule has 4 amide bonds. The van der Waals surface area contributed by atoms with Crippen LogP contribution in [0.25, 0.3) is 0 Å². The lowest BCUT2D eigenvalue weighted by Crippen LogP contribution is -2.70. The molecule has 2 heterocycles. The van der Waals surface area contributed by atoms with Crippen molar-refractivity contribution >= 4 is 23.6 Å². The fourth-order valence-corrected chi connectivity index (χ4v) is 8.11. The van der Waals surface area contributed by atoms with E-state index in [0.717, 1.165) is 0 Å². The summed E-state index contributed by atoms with van der Waals surface area (Å²) in [6.07, 6.45) is -21.0. The largest absolute Gasteiger partial charge is 0.394 e. The smallest absolute Gasteiger partial charge is 0.251 e. The van der Waals surface area contributed by atoms with Crippen LogP contribution in [0.1, 0.15) is 47.9 Å². The van der Waals surface area contributed by atoms with E-state index in [9.17, 15) is 54.9 Å². The molecule has 15 atom stereocenters. The van der Waals surface area contributed by atoms with Crippen molar-refractivity contribution in [3.63, 3.8) is 0 Å². The lowest BCUT2D eigenvalue weighted by molar-refractivity contribution is -0.334. The molecule has 0 spiro atoms. The molecular weight excluding hydrogens is 849 g/mol. The SMILES string of the molecule is O=C(NC[C@H]1O[C@H](O[C@@H]2[C@H](O)[C@@H](O[C@H]3O[C@H](CO)[C@@H](O)[C@H](NC(=O)c4ccccc4)[C@H]3O)[C@H](NC(=O)c3ccccc3)C[C@@H]2NC(=O)c2ccccc2)[C@H](O)[C@@H](O)[C@H]1O)c1ccccc1. The number of rotatable bonds is 14. The Kier molecular flexibility index (Phi) is 15.7. The third-order valence-electron chi connectivity index (χ3n) is 11.6. The van der Waals surface area contributed by atoms with Gasteiger partial charge in [-0.3, -0.25) is 19.2 Å². The van der Waals surface area contributed by atoms with E-state index in [0.29, 0.717) is 5.56 Å². The molecule has 4 aromatic carbocycles. The van der Waals surface area contributed by atoms with Crippen LogP contribution in [0.4, 0.5) is 0 Å². The maximum atomic E-state index is 13.8. The minimum absolute atomic E-state index is 0.192. The molecule has 2 saturated heterocycles. The molecule has 3 aliphatic rings. The Morgan fingerprint density at radius 1 is 0.477 bits per heavy atom. The van der Waals surface area contributed by atoms with Crippen LogP contribution in [-0.4, -0.2) is 164 Å². The fraction of sp³-hybridized carbons (Fsp3) is 0.391. The minimum Gasteiger partial charge on any atom is -0.394 e. The average Bonchev–Trinajstić information content (AvgIpc) is 3.33. The highest BCUT2D eigenvalue weighted by atomic mass is 16.7. The molecule has 11 N–H and O–H groups in total. The number of carbonyl (C=O) groups is 4. The number of benzene rings is 4. The standard InChI is InChI=1S/C46H52N4O15/c51-23-31-33(52)32(50-44(61)27-19-11-4-12-20-27)35(54)45(63-31)64-39-28(48-42(59)25-15-7-2-8-16-25)21-29(49-43(60)26-17-9-3-10-18-26)40(38(39)57)65-46-37(56)36(55)34(53)30(62-46)22-47-41(58)24-13-5-1-6-14-24/h1-20,28-40,45-46,51-57H,21-23H2,(H,47,58)(H,48,59)(H,49,60)(H,50,61)/t28-,29+,30-,31-,32+,33-,34+,35-,36+,37-,38-,39+,40+,45-,46-/m1/s1. The Balaban J connectivity index is 1.20. The number of nitrogens with one attached hydrogen (secondary N) is 4. The zero-order valence-corrected chi connectivity index (χ0v) is 34.7. The van der Waals surface area contributed by atoms with Gasteiger partial charge in [0, 0.05) is 28.8 Å². The molecule has 1 aliphatic carbocycles. The molecule has 1 saturated carbocycles. The third kappa shape index (κ3) is 11.1. The van der Waals surface area contributed by atoms with Gasteiger partial charge in [-0.25, -0.2) is 0 Å². The monoisotopic (exact) mass is 900 g/mol. The van der Waals surface area contributed by atoms with Crippen molar-refractivity contribution in [2.75, 3.05) is 13.2 Å². The molecule has 346 valence electrons. The molecule has 4 aromatic rings. The van der Waals surface area contributed by atoms with Gasteiger partial charge in [0.2, 0.25) is 0 Å². The van der Waals surface area contributed by atoms with Crippen molar-refractivity contribution in [1.29, 1.82) is 0 Å². The summed E-state index contributed by atoms with van der Waals surface area (Å²) < 4.78 is 24.3. The molecule has 19 nitrogen and oxygen atoms in total. The van der Waals surface area contributed by atoms with Crippen LogP contribution in [0.15, 0.2) is 121 Å². The van der Waals surface area contributed by atoms with Gasteiger partial charge in [0.05, 0.1) is 24.7 Å². The Hall–Kier alpha value is -5.68. The maximum absolute atomic E-state index is 13.8. The van der Waals surface area contributed by atoms with Crippen LogP contribution >= 0.6 is 0 Å². The van der Waals surface area contributed by atoms with Crippen LogP contribution in [0, 0.1) is 0 Å². The molecule has 0 bridgehead atoms. The van der Waals surface area contributed by atoms with Gasteiger partial charge in [-0.2, -0.15) is 0 Å². The first kappa shape index (κ1) is 47.3. The second kappa shape index (κ2) is 21.5. The summed E-state index contributed by atoms with van der Waals surface area (Å²) in [5, 5.41) is 89.5. The number of amides is 4. The maximum Gasteiger partial charge on any atom is 0.251 e. The highest BCUT2D eigenvalue weighted by Crippen LogP contribution is 2.33. The van der Waals surface area contributed by atoms with Gasteiger partial charge in [-0.05, 0) is 55.0 Å². The van der Waals surface area contributed by atoms with Crippen LogP contribution in [-0.2, 0) is 18.9 Å². The molecular formula is C46H52N4O15. The van der Waals surface area contributed by atoms with Crippen molar-refractivity contribution in [3.8, 4) is 0 Å². The summed E-state index contributed by atoms with van der Waals surface area (Å²) in [6, 6.07) is 28.1. The highest BCUT2D eigenvalue weighted by molar-refractivity contribution is 5.96. The first-order chi connectivity index (χ1) is 31.3. The second-order valence-electron chi connectivity index (χ2n) is 16.0. The quantitative estimate of drug-likeness (QED) is 0.0694. The molecule has 0 unspecified atom stereocenters. The summed E-state index contributed by atoms with van der Waals surface area (Å²) in [5.74, 6) is -2.47. The molecule has 3 fully saturated rings. The van der Waals surface area contributed by atoms with Gasteiger partial charge in [-0.1, -0.05) is 72.8 Å². The van der Waals surface area contributed by atoms with E-state index in [-0.39, 0.29) is 29.7 Å². The zero-order valence-electron chi connectivity index (χ0n) is 34.7. The Labute approximate surface area is 372 Å². The summed E-state index contributed by atoms with van der Waals surface area (Å²) in [4.78, 5) is 53.6. The number of ether oxygens (including phenoxy) is 4. The summed E-state index contributed by atoms with van der Waals surface area (Å²) in [7, 11) is 0. The minimum atomic E-state index is -1.96. The normalized spacial score (nSPS) is 32.4. The van der Waals surface area contributed by atoms with E-state index >= 15 is 0 Å². The van der Waals surface area contributed by atoms with E-state index in [4.69, 9.17) is 18.9 Å². The van der Waals surface area contributed by atoms with E-state index in [1.807, 2.05) is 0 Å². The van der Waals surface area contributed by atoms with Gasteiger partial charge in [0.1, 0.15) is 61.0 Å². The van der Waals surface area contributed by atoms with E-state index < -0.39 is 122 Å². The number of aliphatic hydroxyl groups excluding tert-OH is 7. The van der Waals surface area contributed by atoms with Gasteiger partial charge >= 0.3 is 0 Å². The van der Waals surface area contributed by atoms with Crippen LogP contribution in [0.3, 0.4) is 0 Å². The molecule has 7 rings (SSSR count). The van der Waals surface area contributed by atoms with Crippen molar-refractivity contribution in [1.82, 2.24) is 21.3 Å². The number of aliphatic hydroxyl groups is 7. The van der Waals surface area contributed by atoms with Crippen molar-refractivity contribution in [3.05, 3.63) is 144 Å². The summed E-state index contributed by atoms with van der Waals surface area (Å²) in [6.45, 7) is -1.17. The van der Waals surface area contributed by atoms with Crippen LogP contribution in [0.5, 0.6) is 0 Å². The Bertz CT molecular complexity index is 2200. The molecule has 0 aromatic heterocycles. The third-order valence-corrected chi connectivity index (χ3v) is 11.6. The summed E-state index contributed by atoms with van der Waals surface area (Å²) in [5.41, 5.74) is 0.908. The zero-order chi connectivity index (χ0) is 46.2. The van der Waals surface area contributed by atoms with Gasteiger partial charge in [0.25, 0.3) is 23.6 Å². The van der Waals surface area contributed by atoms with Gasteiger partial charge in [0.15, 0.2) is 12.6 Å². The van der Waals surface area contributed by atoms with Gasteiger partial charge in [-0.15, -0.1) is 0 Å². The van der Waals surface area contributed by atoms with Gasteiger partial charge < -0.3 is 76.0 Å². The van der Waals surface area contributed by atoms with Crippen LogP contribution < -0.4 is 21.3 Å². The van der Waals surface area contributed by atoms with E-state index in [1.54, 1.807) is 84.9 Å². The molecule has 19 heteroatoms. The molecule has 65 heavy (non-hydrogen) atoms. The number of hydrogen-bond acceptors (Lipinski definition) is 15. The van der Waals surface area contributed by atoms with E-state index in [2.05, 4.69) is 21.3 Å². The van der Waals surface area contributed by atoms with Crippen molar-refractivity contribution in [2.24, 2.45) is 0 Å². The van der Waals surface area contributed by atoms with E-state index in [1.165, 1.54) is 36.4 Å².